The molecule has 0 aliphatic rings. The van der Waals surface area contributed by atoms with Crippen molar-refractivity contribution in [2.24, 2.45) is 17.6 Å². The third kappa shape index (κ3) is 3.35. The zero-order valence-corrected chi connectivity index (χ0v) is 10.4. The Balaban J connectivity index is 2.70. The van der Waals surface area contributed by atoms with Gasteiger partial charge >= 0.3 is 0 Å². The van der Waals surface area contributed by atoms with Crippen molar-refractivity contribution in [1.29, 1.82) is 0 Å². The van der Waals surface area contributed by atoms with Crippen molar-refractivity contribution in [3.63, 3.8) is 0 Å². The van der Waals surface area contributed by atoms with Gasteiger partial charge in [-0.2, -0.15) is 0 Å². The molecule has 1 aromatic rings. The number of aliphatic hydroxyl groups is 1. The molecule has 0 amide bonds. The third-order valence-electron chi connectivity index (χ3n) is 2.85. The minimum atomic E-state index is -0.576. The Morgan fingerprint density at radius 3 is 2.50 bits per heavy atom. The maximum atomic E-state index is 10.2. The first kappa shape index (κ1) is 13.3. The van der Waals surface area contributed by atoms with Crippen molar-refractivity contribution in [1.82, 2.24) is 0 Å². The van der Waals surface area contributed by atoms with Crippen LogP contribution < -0.4 is 5.73 Å². The normalized spacial score (nSPS) is 15.4. The highest BCUT2D eigenvalue weighted by Gasteiger charge is 2.23. The highest BCUT2D eigenvalue weighted by atomic mass is 16.4. The van der Waals surface area contributed by atoms with Gasteiger partial charge in [0.1, 0.15) is 17.6 Å². The van der Waals surface area contributed by atoms with Crippen molar-refractivity contribution >= 4 is 0 Å². The Hall–Kier alpha value is -0.800. The van der Waals surface area contributed by atoms with E-state index in [0.717, 1.165) is 18.6 Å². The quantitative estimate of drug-likeness (QED) is 0.782. The predicted octanol–water partition coefficient (Wildman–Crippen LogP) is 2.50. The Labute approximate surface area is 97.6 Å². The summed E-state index contributed by atoms with van der Waals surface area (Å²) in [4.78, 5) is 0. The van der Waals surface area contributed by atoms with Crippen LogP contribution in [0.15, 0.2) is 16.5 Å². The minimum Gasteiger partial charge on any atom is -0.463 e. The molecule has 1 heterocycles. The summed E-state index contributed by atoms with van der Waals surface area (Å²) in [6, 6.07) is 3.77. The van der Waals surface area contributed by atoms with Crippen LogP contribution in [0.2, 0.25) is 0 Å². The van der Waals surface area contributed by atoms with Crippen molar-refractivity contribution in [3.05, 3.63) is 23.7 Å². The zero-order chi connectivity index (χ0) is 12.1. The van der Waals surface area contributed by atoms with Gasteiger partial charge in [0.15, 0.2) is 0 Å². The number of rotatable bonds is 6. The van der Waals surface area contributed by atoms with E-state index in [9.17, 15) is 5.11 Å². The van der Waals surface area contributed by atoms with E-state index in [2.05, 4.69) is 13.8 Å². The number of hydrogen-bond acceptors (Lipinski definition) is 3. The highest BCUT2D eigenvalue weighted by Crippen LogP contribution is 2.28. The molecule has 0 spiro atoms. The van der Waals surface area contributed by atoms with Crippen LogP contribution in [0.5, 0.6) is 0 Å². The Bertz CT molecular complexity index is 307. The Morgan fingerprint density at radius 1 is 1.38 bits per heavy atom. The summed E-state index contributed by atoms with van der Waals surface area (Å²) in [5, 5.41) is 10.2. The predicted molar refractivity (Wildman–Crippen MR) is 65.0 cm³/mol. The molecule has 3 N–H and O–H groups in total. The lowest BCUT2D eigenvalue weighted by Gasteiger charge is -2.21. The van der Waals surface area contributed by atoms with Gasteiger partial charge in [-0.1, -0.05) is 20.8 Å². The second-order valence-electron chi connectivity index (χ2n) is 4.73. The molecule has 0 aliphatic heterocycles. The summed E-state index contributed by atoms with van der Waals surface area (Å²) < 4.78 is 5.55. The van der Waals surface area contributed by atoms with Crippen LogP contribution in [0, 0.1) is 11.8 Å². The highest BCUT2D eigenvalue weighted by molar-refractivity contribution is 5.10. The second-order valence-corrected chi connectivity index (χ2v) is 4.73. The lowest BCUT2D eigenvalue weighted by molar-refractivity contribution is 0.0773. The SMILES string of the molecule is CCc1ccc(C(O)C(CN)CC(C)C)o1. The van der Waals surface area contributed by atoms with Gasteiger partial charge in [-0.3, -0.25) is 0 Å². The summed E-state index contributed by atoms with van der Waals surface area (Å²) in [5.41, 5.74) is 5.70. The molecule has 16 heavy (non-hydrogen) atoms. The summed E-state index contributed by atoms with van der Waals surface area (Å²) in [6.07, 6.45) is 1.19. The van der Waals surface area contributed by atoms with Gasteiger partial charge < -0.3 is 15.3 Å². The van der Waals surface area contributed by atoms with Crippen LogP contribution in [-0.2, 0) is 6.42 Å². The number of aryl methyl sites for hydroxylation is 1. The molecule has 0 fully saturated rings. The van der Waals surface area contributed by atoms with Gasteiger partial charge in [0, 0.05) is 12.3 Å². The molecule has 0 aromatic carbocycles. The molecule has 0 saturated carbocycles. The van der Waals surface area contributed by atoms with Gasteiger partial charge in [-0.25, -0.2) is 0 Å². The maximum absolute atomic E-state index is 10.2. The molecule has 0 bridgehead atoms. The molecule has 0 radical (unpaired) electrons. The molecule has 0 saturated heterocycles. The number of aliphatic hydroxyl groups excluding tert-OH is 1. The average molecular weight is 225 g/mol. The van der Waals surface area contributed by atoms with Gasteiger partial charge in [0.05, 0.1) is 0 Å². The molecule has 2 atom stereocenters. The van der Waals surface area contributed by atoms with Gasteiger partial charge in [-0.15, -0.1) is 0 Å². The Kier molecular flexibility index (Phi) is 5.03. The van der Waals surface area contributed by atoms with Crippen molar-refractivity contribution in [3.8, 4) is 0 Å². The van der Waals surface area contributed by atoms with E-state index in [1.807, 2.05) is 19.1 Å². The second kappa shape index (κ2) is 6.06. The zero-order valence-electron chi connectivity index (χ0n) is 10.4. The van der Waals surface area contributed by atoms with Gasteiger partial charge in [0.25, 0.3) is 0 Å². The van der Waals surface area contributed by atoms with E-state index in [0.29, 0.717) is 18.2 Å². The van der Waals surface area contributed by atoms with Crippen LogP contribution in [0.1, 0.15) is 44.8 Å². The first-order chi connectivity index (χ1) is 7.58. The van der Waals surface area contributed by atoms with Crippen LogP contribution >= 0.6 is 0 Å². The third-order valence-corrected chi connectivity index (χ3v) is 2.85. The fourth-order valence-corrected chi connectivity index (χ4v) is 1.94. The number of hydrogen-bond donors (Lipinski definition) is 2. The molecule has 1 aromatic heterocycles. The summed E-state index contributed by atoms with van der Waals surface area (Å²) in [6.45, 7) is 6.79. The summed E-state index contributed by atoms with van der Waals surface area (Å²) in [7, 11) is 0. The monoisotopic (exact) mass is 225 g/mol. The van der Waals surface area contributed by atoms with E-state index in [1.165, 1.54) is 0 Å². The molecular formula is C13H23NO2. The molecule has 3 nitrogen and oxygen atoms in total. The average Bonchev–Trinajstić information content (AvgIpc) is 2.73. The topological polar surface area (TPSA) is 59.4 Å². The van der Waals surface area contributed by atoms with Crippen molar-refractivity contribution in [2.45, 2.75) is 39.7 Å². The van der Waals surface area contributed by atoms with Crippen LogP contribution in [0.4, 0.5) is 0 Å². The lowest BCUT2D eigenvalue weighted by atomic mass is 9.91. The number of nitrogens with two attached hydrogens (primary N) is 1. The smallest absolute Gasteiger partial charge is 0.133 e. The molecule has 2 unspecified atom stereocenters. The van der Waals surface area contributed by atoms with Crippen LogP contribution in [-0.4, -0.2) is 11.7 Å². The van der Waals surface area contributed by atoms with Gasteiger partial charge in [-0.05, 0) is 31.0 Å². The minimum absolute atomic E-state index is 0.0795. The molecule has 1 rings (SSSR count). The van der Waals surface area contributed by atoms with E-state index >= 15 is 0 Å². The summed E-state index contributed by atoms with van der Waals surface area (Å²) >= 11 is 0. The fourth-order valence-electron chi connectivity index (χ4n) is 1.94. The Morgan fingerprint density at radius 2 is 2.06 bits per heavy atom. The molecule has 92 valence electrons. The van der Waals surface area contributed by atoms with Crippen molar-refractivity contribution in [2.75, 3.05) is 6.54 Å². The van der Waals surface area contributed by atoms with E-state index < -0.39 is 6.10 Å². The van der Waals surface area contributed by atoms with Crippen LogP contribution in [0.25, 0.3) is 0 Å². The van der Waals surface area contributed by atoms with Gasteiger partial charge in [0.2, 0.25) is 0 Å². The van der Waals surface area contributed by atoms with E-state index in [-0.39, 0.29) is 5.92 Å². The summed E-state index contributed by atoms with van der Waals surface area (Å²) in [5.74, 6) is 2.17. The van der Waals surface area contributed by atoms with Crippen LogP contribution in [0.3, 0.4) is 0 Å². The maximum Gasteiger partial charge on any atom is 0.133 e. The molecule has 0 aliphatic carbocycles. The van der Waals surface area contributed by atoms with Crippen molar-refractivity contribution < 1.29 is 9.52 Å². The lowest BCUT2D eigenvalue weighted by Crippen LogP contribution is -2.23. The van der Waals surface area contributed by atoms with E-state index in [4.69, 9.17) is 10.2 Å². The molecular weight excluding hydrogens is 202 g/mol. The standard InChI is InChI=1S/C13H23NO2/c1-4-11-5-6-12(16-11)13(15)10(8-14)7-9(2)3/h5-6,9-10,13,15H,4,7-8,14H2,1-3H3. The first-order valence-corrected chi connectivity index (χ1v) is 6.05. The van der Waals surface area contributed by atoms with E-state index in [1.54, 1.807) is 0 Å². The largest absolute Gasteiger partial charge is 0.463 e. The molecule has 3 heteroatoms. The first-order valence-electron chi connectivity index (χ1n) is 6.05. The number of furan rings is 1. The fraction of sp³-hybridized carbons (Fsp3) is 0.692.